The Bertz CT molecular complexity index is 511. The third kappa shape index (κ3) is 3.61. The number of halogens is 2. The average molecular weight is 265 g/mol. The molecule has 19 heavy (non-hydrogen) atoms. The molecule has 1 aromatic carbocycles. The molecule has 5 heteroatoms. The summed E-state index contributed by atoms with van der Waals surface area (Å²) >= 11 is 0. The minimum atomic E-state index is -0.558. The lowest BCUT2D eigenvalue weighted by Gasteiger charge is -2.16. The Hall–Kier alpha value is -1.75. The lowest BCUT2D eigenvalue weighted by molar-refractivity contribution is 0.492. The van der Waals surface area contributed by atoms with Crippen LogP contribution in [0.4, 0.5) is 8.78 Å². The largest absolute Gasteiger partial charge is 0.347 e. The van der Waals surface area contributed by atoms with Gasteiger partial charge >= 0.3 is 0 Å². The van der Waals surface area contributed by atoms with Gasteiger partial charge in [-0.2, -0.15) is 0 Å². The third-order valence-electron chi connectivity index (χ3n) is 2.93. The summed E-state index contributed by atoms with van der Waals surface area (Å²) in [6.45, 7) is 2.87. The van der Waals surface area contributed by atoms with Crippen LogP contribution in [0.25, 0.3) is 0 Å². The first kappa shape index (κ1) is 13.7. The van der Waals surface area contributed by atoms with Crippen molar-refractivity contribution in [2.45, 2.75) is 25.8 Å². The highest BCUT2D eigenvalue weighted by Gasteiger charge is 2.16. The monoisotopic (exact) mass is 265 g/mol. The van der Waals surface area contributed by atoms with Crippen molar-refractivity contribution in [1.29, 1.82) is 0 Å². The molecule has 0 amide bonds. The highest BCUT2D eigenvalue weighted by molar-refractivity contribution is 5.20. The minimum absolute atomic E-state index is 0.102. The molecule has 0 radical (unpaired) electrons. The van der Waals surface area contributed by atoms with Crippen LogP contribution < -0.4 is 5.32 Å². The fraction of sp³-hybridized carbons (Fsp3) is 0.357. The molecule has 0 aliphatic heterocycles. The number of H-pyrrole nitrogens is 1. The number of rotatable bonds is 6. The van der Waals surface area contributed by atoms with Crippen LogP contribution in [0.15, 0.2) is 30.6 Å². The quantitative estimate of drug-likeness (QED) is 0.843. The molecule has 102 valence electrons. The van der Waals surface area contributed by atoms with Crippen molar-refractivity contribution in [3.63, 3.8) is 0 Å². The number of benzene rings is 1. The Balaban J connectivity index is 2.15. The number of nitrogens with zero attached hydrogens (tertiary/aromatic N) is 1. The van der Waals surface area contributed by atoms with Gasteiger partial charge in [0.15, 0.2) is 0 Å². The molecule has 0 bridgehead atoms. The van der Waals surface area contributed by atoms with Gasteiger partial charge in [0.25, 0.3) is 0 Å². The first-order valence-electron chi connectivity index (χ1n) is 6.37. The van der Waals surface area contributed by atoms with Crippen LogP contribution in [0.3, 0.4) is 0 Å². The van der Waals surface area contributed by atoms with E-state index in [1.165, 1.54) is 12.1 Å². The highest BCUT2D eigenvalue weighted by Crippen LogP contribution is 2.18. The molecule has 1 atom stereocenters. The van der Waals surface area contributed by atoms with Crippen molar-refractivity contribution in [3.05, 3.63) is 53.6 Å². The lowest BCUT2D eigenvalue weighted by atomic mass is 10.0. The normalized spacial score (nSPS) is 12.6. The molecule has 0 fully saturated rings. The third-order valence-corrected chi connectivity index (χ3v) is 2.93. The van der Waals surface area contributed by atoms with E-state index in [1.54, 1.807) is 12.4 Å². The molecule has 1 aromatic heterocycles. The summed E-state index contributed by atoms with van der Waals surface area (Å²) in [5.74, 6) is -0.315. The van der Waals surface area contributed by atoms with E-state index in [-0.39, 0.29) is 6.04 Å². The SMILES string of the molecule is CCCNC(Cc1ccc(F)cc1F)c1ncc[nH]1. The average Bonchev–Trinajstić information content (AvgIpc) is 2.90. The first-order chi connectivity index (χ1) is 9.20. The van der Waals surface area contributed by atoms with Crippen LogP contribution in [-0.2, 0) is 6.42 Å². The first-order valence-corrected chi connectivity index (χ1v) is 6.37. The van der Waals surface area contributed by atoms with E-state index in [9.17, 15) is 8.78 Å². The molecule has 3 nitrogen and oxygen atoms in total. The van der Waals surface area contributed by atoms with Crippen LogP contribution in [0.2, 0.25) is 0 Å². The Morgan fingerprint density at radius 3 is 2.84 bits per heavy atom. The number of aromatic amines is 1. The topological polar surface area (TPSA) is 40.7 Å². The second-order valence-electron chi connectivity index (χ2n) is 4.42. The molecule has 1 heterocycles. The number of nitrogens with one attached hydrogen (secondary N) is 2. The van der Waals surface area contributed by atoms with Crippen LogP contribution in [0.5, 0.6) is 0 Å². The minimum Gasteiger partial charge on any atom is -0.347 e. The van der Waals surface area contributed by atoms with E-state index >= 15 is 0 Å². The predicted octanol–water partition coefficient (Wildman–Crippen LogP) is 2.97. The second kappa shape index (κ2) is 6.43. The Labute approximate surface area is 111 Å². The summed E-state index contributed by atoms with van der Waals surface area (Å²) < 4.78 is 26.6. The van der Waals surface area contributed by atoms with Gasteiger partial charge < -0.3 is 10.3 Å². The molecule has 1 unspecified atom stereocenters. The zero-order valence-corrected chi connectivity index (χ0v) is 10.8. The highest BCUT2D eigenvalue weighted by atomic mass is 19.1. The standard InChI is InChI=1S/C14H17F2N3/c1-2-5-17-13(14-18-6-7-19-14)8-10-3-4-11(15)9-12(10)16/h3-4,6-7,9,13,17H,2,5,8H2,1H3,(H,18,19). The number of hydrogen-bond donors (Lipinski definition) is 2. The van der Waals surface area contributed by atoms with Gasteiger partial charge in [-0.3, -0.25) is 0 Å². The number of imidazole rings is 1. The smallest absolute Gasteiger partial charge is 0.129 e. The molecule has 2 rings (SSSR count). The molecule has 0 saturated heterocycles. The van der Waals surface area contributed by atoms with Crippen molar-refractivity contribution < 1.29 is 8.78 Å². The van der Waals surface area contributed by atoms with Gasteiger partial charge in [0.1, 0.15) is 17.5 Å². The summed E-state index contributed by atoms with van der Waals surface area (Å²) in [5.41, 5.74) is 0.478. The van der Waals surface area contributed by atoms with Crippen molar-refractivity contribution in [2.24, 2.45) is 0 Å². The molecule has 2 N–H and O–H groups in total. The van der Waals surface area contributed by atoms with Gasteiger partial charge in [0.2, 0.25) is 0 Å². The van der Waals surface area contributed by atoms with Gasteiger partial charge in [-0.15, -0.1) is 0 Å². The van der Waals surface area contributed by atoms with E-state index in [1.807, 2.05) is 0 Å². The molecule has 2 aromatic rings. The van der Waals surface area contributed by atoms with E-state index in [0.29, 0.717) is 12.0 Å². The van der Waals surface area contributed by atoms with E-state index in [2.05, 4.69) is 22.2 Å². The maximum absolute atomic E-state index is 13.7. The summed E-state index contributed by atoms with van der Waals surface area (Å²) in [7, 11) is 0. The van der Waals surface area contributed by atoms with Crippen LogP contribution >= 0.6 is 0 Å². The zero-order valence-electron chi connectivity index (χ0n) is 10.8. The molecule has 0 aliphatic carbocycles. The maximum Gasteiger partial charge on any atom is 0.129 e. The number of aromatic nitrogens is 2. The van der Waals surface area contributed by atoms with Gasteiger partial charge in [-0.05, 0) is 31.0 Å². The van der Waals surface area contributed by atoms with Gasteiger partial charge in [-0.25, -0.2) is 13.8 Å². The van der Waals surface area contributed by atoms with Gasteiger partial charge in [0.05, 0.1) is 6.04 Å². The molecule has 0 aliphatic rings. The van der Waals surface area contributed by atoms with E-state index in [4.69, 9.17) is 0 Å². The van der Waals surface area contributed by atoms with Crippen molar-refractivity contribution >= 4 is 0 Å². The Kier molecular flexibility index (Phi) is 4.63. The lowest BCUT2D eigenvalue weighted by Crippen LogP contribution is -2.25. The van der Waals surface area contributed by atoms with Crippen LogP contribution in [-0.4, -0.2) is 16.5 Å². The van der Waals surface area contributed by atoms with Gasteiger partial charge in [-0.1, -0.05) is 13.0 Å². The number of hydrogen-bond acceptors (Lipinski definition) is 2. The van der Waals surface area contributed by atoms with Gasteiger partial charge in [0, 0.05) is 18.5 Å². The fourth-order valence-corrected chi connectivity index (χ4v) is 1.96. The fourth-order valence-electron chi connectivity index (χ4n) is 1.96. The van der Waals surface area contributed by atoms with Crippen LogP contribution in [0, 0.1) is 11.6 Å². The van der Waals surface area contributed by atoms with E-state index < -0.39 is 11.6 Å². The Morgan fingerprint density at radius 1 is 1.37 bits per heavy atom. The van der Waals surface area contributed by atoms with Crippen molar-refractivity contribution in [2.75, 3.05) is 6.54 Å². The summed E-state index contributed by atoms with van der Waals surface area (Å²) in [6, 6.07) is 3.56. The van der Waals surface area contributed by atoms with Crippen LogP contribution in [0.1, 0.15) is 30.8 Å². The summed E-state index contributed by atoms with van der Waals surface area (Å²) in [5, 5.41) is 3.31. The Morgan fingerprint density at radius 2 is 2.21 bits per heavy atom. The molecular weight excluding hydrogens is 248 g/mol. The second-order valence-corrected chi connectivity index (χ2v) is 4.42. The molecule has 0 spiro atoms. The van der Waals surface area contributed by atoms with E-state index in [0.717, 1.165) is 24.9 Å². The van der Waals surface area contributed by atoms with Crippen molar-refractivity contribution in [1.82, 2.24) is 15.3 Å². The maximum atomic E-state index is 13.7. The predicted molar refractivity (Wildman–Crippen MR) is 69.7 cm³/mol. The summed E-state index contributed by atoms with van der Waals surface area (Å²) in [4.78, 5) is 7.23. The summed E-state index contributed by atoms with van der Waals surface area (Å²) in [6.07, 6.45) is 4.80. The zero-order chi connectivity index (χ0) is 13.7. The molecular formula is C14H17F2N3. The van der Waals surface area contributed by atoms with Crippen molar-refractivity contribution in [3.8, 4) is 0 Å². The molecule has 0 saturated carbocycles.